The number of anilines is 2. The summed E-state index contributed by atoms with van der Waals surface area (Å²) in [4.78, 5) is 63.7. The number of hydrogen-bond acceptors (Lipinski definition) is 12. The predicted octanol–water partition coefficient (Wildman–Crippen LogP) is 10.7. The van der Waals surface area contributed by atoms with Crippen LogP contribution in [0.5, 0.6) is 0 Å². The van der Waals surface area contributed by atoms with Gasteiger partial charge in [-0.15, -0.1) is 0 Å². The van der Waals surface area contributed by atoms with Crippen molar-refractivity contribution < 1.29 is 27.9 Å². The average Bonchev–Trinajstić information content (AvgIpc) is 3.24. The highest BCUT2D eigenvalue weighted by atomic mass is 28.4. The largest absolute Gasteiger partial charge is 0.417 e. The summed E-state index contributed by atoms with van der Waals surface area (Å²) in [5.41, 5.74) is 1.34. The molecule has 18 heteroatoms. The van der Waals surface area contributed by atoms with Gasteiger partial charge in [0.25, 0.3) is 11.1 Å². The molecular weight excluding hydrogens is 949 g/mol. The van der Waals surface area contributed by atoms with Gasteiger partial charge in [0, 0.05) is 86.4 Å². The van der Waals surface area contributed by atoms with Crippen molar-refractivity contribution in [1.29, 1.82) is 0 Å². The molecule has 0 amide bonds. The first-order valence-electron chi connectivity index (χ1n) is 26.0. The summed E-state index contributed by atoms with van der Waals surface area (Å²) < 4.78 is 27.7. The lowest BCUT2D eigenvalue weighted by molar-refractivity contribution is -0.122. The minimum atomic E-state index is -1.83. The highest BCUT2D eigenvalue weighted by molar-refractivity contribution is 6.76. The molecule has 2 aromatic rings. The van der Waals surface area contributed by atoms with Gasteiger partial charge in [0.2, 0.25) is 0 Å². The standard InChI is InChI=1S/C26H49N3O4Si2.C26H47N3O4Si2/c2*1-21(30)22-12-14-28(15-13-22)24-25(31)29(20-32-17-18-34(5,6)7)19-23(27-24)11-10-16-33-35(8,9)26(2,3)4/h19,22H,10-18,20H2,1-9H3;10-11,19,22H,12-18,20H2,1-9H3/b;11-10+. The molecule has 4 heterocycles. The van der Waals surface area contributed by atoms with Gasteiger partial charge in [-0.3, -0.25) is 28.3 Å². The summed E-state index contributed by atoms with van der Waals surface area (Å²) in [6.07, 6.45) is 12.2. The molecule has 70 heavy (non-hydrogen) atoms. The maximum absolute atomic E-state index is 13.3. The van der Waals surface area contributed by atoms with Crippen molar-refractivity contribution >= 4 is 62.1 Å². The molecule has 0 radical (unpaired) electrons. The molecule has 2 aliphatic heterocycles. The Morgan fingerprint density at radius 3 is 1.46 bits per heavy atom. The van der Waals surface area contributed by atoms with E-state index in [1.165, 1.54) is 0 Å². The zero-order valence-corrected chi connectivity index (χ0v) is 51.1. The van der Waals surface area contributed by atoms with Crippen molar-refractivity contribution in [2.24, 2.45) is 11.8 Å². The van der Waals surface area contributed by atoms with Crippen molar-refractivity contribution in [3.63, 3.8) is 0 Å². The fourth-order valence-corrected chi connectivity index (χ4v) is 11.0. The van der Waals surface area contributed by atoms with E-state index >= 15 is 0 Å². The van der Waals surface area contributed by atoms with E-state index in [2.05, 4.69) is 112 Å². The Kier molecular flexibility index (Phi) is 23.2. The van der Waals surface area contributed by atoms with Crippen LogP contribution in [-0.4, -0.2) is 116 Å². The van der Waals surface area contributed by atoms with Gasteiger partial charge in [0.05, 0.1) is 18.0 Å². The van der Waals surface area contributed by atoms with Crippen LogP contribution in [-0.2, 0) is 47.8 Å². The second kappa shape index (κ2) is 26.4. The molecule has 0 N–H and O–H groups in total. The lowest BCUT2D eigenvalue weighted by Gasteiger charge is -2.36. The molecule has 0 aliphatic carbocycles. The number of aryl methyl sites for hydroxylation is 1. The Morgan fingerprint density at radius 1 is 0.629 bits per heavy atom. The number of aromatic nitrogens is 4. The second-order valence-electron chi connectivity index (χ2n) is 25.2. The molecule has 4 rings (SSSR count). The Bertz CT molecular complexity index is 2130. The summed E-state index contributed by atoms with van der Waals surface area (Å²) in [6, 6.07) is 2.12. The lowest BCUT2D eigenvalue weighted by atomic mass is 9.93. The Labute approximate surface area is 427 Å². The van der Waals surface area contributed by atoms with Crippen molar-refractivity contribution in [1.82, 2.24) is 19.1 Å². The fraction of sp³-hybridized carbons (Fsp3) is 0.769. The Hall–Kier alpha value is -2.85. The predicted molar refractivity (Wildman–Crippen MR) is 300 cm³/mol. The third-order valence-corrected chi connectivity index (χ3v) is 27.1. The molecule has 0 saturated carbocycles. The minimum Gasteiger partial charge on any atom is -0.417 e. The van der Waals surface area contributed by atoms with E-state index in [1.54, 1.807) is 29.2 Å². The number of ether oxygens (including phenoxy) is 2. The maximum Gasteiger partial charge on any atom is 0.295 e. The molecule has 14 nitrogen and oxygen atoms in total. The maximum atomic E-state index is 13.3. The van der Waals surface area contributed by atoms with E-state index in [1.807, 2.05) is 23.2 Å². The number of rotatable bonds is 23. The summed E-state index contributed by atoms with van der Waals surface area (Å²) in [5.74, 6) is 1.56. The van der Waals surface area contributed by atoms with Crippen molar-refractivity contribution in [3.05, 3.63) is 50.6 Å². The summed E-state index contributed by atoms with van der Waals surface area (Å²) in [6.45, 7) is 45.3. The molecular formula is C52H96N6O8Si4. The molecule has 0 bridgehead atoms. The average molecular weight is 1050 g/mol. The zero-order chi connectivity index (χ0) is 52.9. The molecule has 0 atom stereocenters. The van der Waals surface area contributed by atoms with E-state index < -0.39 is 32.8 Å². The van der Waals surface area contributed by atoms with Crippen molar-refractivity contribution in [2.45, 2.75) is 195 Å². The van der Waals surface area contributed by atoms with E-state index in [0.29, 0.717) is 69.9 Å². The highest BCUT2D eigenvalue weighted by Gasteiger charge is 2.38. The van der Waals surface area contributed by atoms with Crippen molar-refractivity contribution in [3.8, 4) is 0 Å². The third kappa shape index (κ3) is 20.2. The van der Waals surface area contributed by atoms with E-state index in [9.17, 15) is 19.2 Å². The van der Waals surface area contributed by atoms with E-state index in [0.717, 1.165) is 56.3 Å². The molecule has 2 aromatic heterocycles. The van der Waals surface area contributed by atoms with Crippen LogP contribution < -0.4 is 20.9 Å². The number of ketones is 2. The van der Waals surface area contributed by atoms with Crippen LogP contribution in [0.25, 0.3) is 6.08 Å². The van der Waals surface area contributed by atoms with E-state index in [4.69, 9.17) is 28.3 Å². The highest BCUT2D eigenvalue weighted by Crippen LogP contribution is 2.37. The molecule has 2 aliphatic rings. The molecule has 0 unspecified atom stereocenters. The third-order valence-electron chi connectivity index (χ3n) is 14.7. The number of hydrogen-bond donors (Lipinski definition) is 0. The number of carbonyl (C=O) groups excluding carboxylic acids is 2. The van der Waals surface area contributed by atoms with Crippen LogP contribution in [0.15, 0.2) is 28.1 Å². The molecule has 0 spiro atoms. The molecule has 2 saturated heterocycles. The van der Waals surface area contributed by atoms with E-state index in [-0.39, 0.29) is 58.1 Å². The van der Waals surface area contributed by atoms with Crippen LogP contribution in [0.1, 0.15) is 98.9 Å². The first-order valence-corrected chi connectivity index (χ1v) is 39.3. The van der Waals surface area contributed by atoms with Crippen LogP contribution >= 0.6 is 0 Å². The Balaban J connectivity index is 0.000000370. The van der Waals surface area contributed by atoms with Crippen LogP contribution in [0.4, 0.5) is 11.6 Å². The first-order chi connectivity index (χ1) is 32.2. The van der Waals surface area contributed by atoms with Gasteiger partial charge in [-0.25, -0.2) is 9.97 Å². The van der Waals surface area contributed by atoms with Gasteiger partial charge in [0.1, 0.15) is 25.0 Å². The van der Waals surface area contributed by atoms with Gasteiger partial charge in [-0.2, -0.15) is 0 Å². The number of piperidine rings is 2. The normalized spacial score (nSPS) is 16.2. The number of nitrogens with zero attached hydrogens (tertiary/aromatic N) is 6. The Morgan fingerprint density at radius 2 is 1.04 bits per heavy atom. The first kappa shape index (κ1) is 61.4. The summed E-state index contributed by atoms with van der Waals surface area (Å²) in [7, 11) is -6.02. The lowest BCUT2D eigenvalue weighted by Crippen LogP contribution is -2.41. The number of Topliss-reactive ketones (excluding diaryl/α,β-unsaturated/α-hetero) is 2. The van der Waals surface area contributed by atoms with Crippen LogP contribution in [0.3, 0.4) is 0 Å². The SMILES string of the molecule is CC(=O)C1CCN(c2nc(/C=C/CO[Si](C)(C)C(C)(C)C)cn(COCC[Si](C)(C)C)c2=O)CC1.CC(=O)C1CCN(c2nc(CCCO[Si](C)(C)C(C)(C)C)cn(COCC[Si](C)(C)C)c2=O)CC1. The molecule has 398 valence electrons. The summed E-state index contributed by atoms with van der Waals surface area (Å²) in [5, 5.41) is 0.337. The monoisotopic (exact) mass is 1040 g/mol. The minimum absolute atomic E-state index is 0.0777. The quantitative estimate of drug-likeness (QED) is 0.0771. The van der Waals surface area contributed by atoms with Crippen molar-refractivity contribution in [2.75, 3.05) is 62.4 Å². The number of carbonyl (C=O) groups is 2. The van der Waals surface area contributed by atoms with Gasteiger partial charge < -0.3 is 28.1 Å². The fourth-order valence-electron chi connectivity index (χ4n) is 7.45. The second-order valence-corrected chi connectivity index (χ2v) is 46.1. The molecule has 0 aromatic carbocycles. The zero-order valence-electron chi connectivity index (χ0n) is 47.1. The van der Waals surface area contributed by atoms with Crippen LogP contribution in [0, 0.1) is 11.8 Å². The van der Waals surface area contributed by atoms with Gasteiger partial charge in [-0.1, -0.05) is 86.9 Å². The summed E-state index contributed by atoms with van der Waals surface area (Å²) >= 11 is 0. The van der Waals surface area contributed by atoms with Crippen LogP contribution in [0.2, 0.25) is 87.6 Å². The molecule has 2 fully saturated rings. The van der Waals surface area contributed by atoms with Gasteiger partial charge >= 0.3 is 0 Å². The smallest absolute Gasteiger partial charge is 0.295 e. The van der Waals surface area contributed by atoms with Gasteiger partial charge in [-0.05, 0) is 107 Å². The topological polar surface area (TPSA) is 147 Å². The van der Waals surface area contributed by atoms with Gasteiger partial charge in [0.15, 0.2) is 28.3 Å².